The summed E-state index contributed by atoms with van der Waals surface area (Å²) in [5.41, 5.74) is 5.05. The van der Waals surface area contributed by atoms with Gasteiger partial charge in [0, 0.05) is 19.7 Å². The highest BCUT2D eigenvalue weighted by atomic mass is 16.5. The molecule has 0 aromatic heterocycles. The van der Waals surface area contributed by atoms with Gasteiger partial charge in [-0.05, 0) is 39.7 Å². The molecule has 5 nitrogen and oxygen atoms in total. The number of piperidine rings is 1. The van der Waals surface area contributed by atoms with Crippen molar-refractivity contribution in [1.29, 1.82) is 0 Å². The minimum absolute atomic E-state index is 0.325. The first-order valence-corrected chi connectivity index (χ1v) is 6.71. The van der Waals surface area contributed by atoms with Crippen LogP contribution in [0.2, 0.25) is 0 Å². The van der Waals surface area contributed by atoms with E-state index in [-0.39, 0.29) is 5.97 Å². The molecule has 0 aromatic carbocycles. The second-order valence-corrected chi connectivity index (χ2v) is 5.18. The molecule has 1 rings (SSSR count). The summed E-state index contributed by atoms with van der Waals surface area (Å²) in [4.78, 5) is 13.8. The summed E-state index contributed by atoms with van der Waals surface area (Å²) >= 11 is 0. The molecule has 2 atom stereocenters. The Labute approximate surface area is 110 Å². The molecule has 2 N–H and O–H groups in total. The van der Waals surface area contributed by atoms with Gasteiger partial charge in [0.15, 0.2) is 0 Å². The van der Waals surface area contributed by atoms with Crippen LogP contribution in [0, 0.1) is 0 Å². The van der Waals surface area contributed by atoms with E-state index in [0.717, 1.165) is 39.1 Å². The molecule has 1 saturated heterocycles. The van der Waals surface area contributed by atoms with Gasteiger partial charge in [-0.25, -0.2) is 0 Å². The maximum absolute atomic E-state index is 11.5. The zero-order valence-corrected chi connectivity index (χ0v) is 11.8. The van der Waals surface area contributed by atoms with Crippen molar-refractivity contribution in [2.75, 3.05) is 33.4 Å². The van der Waals surface area contributed by atoms with Gasteiger partial charge in [-0.15, -0.1) is 0 Å². The average molecular weight is 258 g/mol. The summed E-state index contributed by atoms with van der Waals surface area (Å²) in [5, 5.41) is 0. The third kappa shape index (κ3) is 4.55. The van der Waals surface area contributed by atoms with Gasteiger partial charge in [-0.1, -0.05) is 0 Å². The van der Waals surface area contributed by atoms with Crippen LogP contribution in [0.25, 0.3) is 0 Å². The maximum atomic E-state index is 11.5. The fraction of sp³-hybridized carbons (Fsp3) is 0.923. The van der Waals surface area contributed by atoms with E-state index in [1.165, 1.54) is 7.11 Å². The minimum atomic E-state index is -0.896. The smallest absolute Gasteiger partial charge is 0.325 e. The Morgan fingerprint density at radius 3 is 2.89 bits per heavy atom. The molecule has 1 aliphatic rings. The number of ether oxygens (including phenoxy) is 2. The van der Waals surface area contributed by atoms with Crippen LogP contribution in [-0.4, -0.2) is 55.9 Å². The number of carbonyl (C=O) groups is 1. The molecule has 1 fully saturated rings. The third-order valence-electron chi connectivity index (χ3n) is 3.46. The quantitative estimate of drug-likeness (QED) is 0.713. The number of hydrogen-bond acceptors (Lipinski definition) is 5. The maximum Gasteiger partial charge on any atom is 0.325 e. The largest absolute Gasteiger partial charge is 0.468 e. The van der Waals surface area contributed by atoms with E-state index >= 15 is 0 Å². The van der Waals surface area contributed by atoms with Crippen molar-refractivity contribution in [2.45, 2.75) is 44.8 Å². The van der Waals surface area contributed by atoms with Crippen molar-refractivity contribution in [2.24, 2.45) is 5.73 Å². The fourth-order valence-electron chi connectivity index (χ4n) is 2.31. The average Bonchev–Trinajstić information content (AvgIpc) is 2.36. The monoisotopic (exact) mass is 258 g/mol. The van der Waals surface area contributed by atoms with Crippen LogP contribution >= 0.6 is 0 Å². The van der Waals surface area contributed by atoms with Crippen molar-refractivity contribution >= 4 is 5.97 Å². The Morgan fingerprint density at radius 1 is 1.56 bits per heavy atom. The SMILES string of the molecule is CCOC1CCCN(CCC(C)(N)C(=O)OC)C1. The fourth-order valence-corrected chi connectivity index (χ4v) is 2.31. The van der Waals surface area contributed by atoms with Crippen molar-refractivity contribution < 1.29 is 14.3 Å². The lowest BCUT2D eigenvalue weighted by molar-refractivity contribution is -0.146. The van der Waals surface area contributed by atoms with Crippen LogP contribution in [0.4, 0.5) is 0 Å². The zero-order valence-electron chi connectivity index (χ0n) is 11.8. The first-order chi connectivity index (χ1) is 8.49. The number of hydrogen-bond donors (Lipinski definition) is 1. The molecule has 1 heterocycles. The van der Waals surface area contributed by atoms with Gasteiger partial charge < -0.3 is 20.1 Å². The molecule has 0 spiro atoms. The Kier molecular flexibility index (Phi) is 6.05. The van der Waals surface area contributed by atoms with E-state index in [9.17, 15) is 4.79 Å². The van der Waals surface area contributed by atoms with Crippen LogP contribution in [0.3, 0.4) is 0 Å². The van der Waals surface area contributed by atoms with Crippen LogP contribution in [0.1, 0.15) is 33.1 Å². The molecule has 5 heteroatoms. The number of nitrogens with two attached hydrogens (primary N) is 1. The van der Waals surface area contributed by atoms with Gasteiger partial charge in [0.2, 0.25) is 0 Å². The normalized spacial score (nSPS) is 24.6. The summed E-state index contributed by atoms with van der Waals surface area (Å²) in [7, 11) is 1.37. The van der Waals surface area contributed by atoms with E-state index in [1.54, 1.807) is 6.92 Å². The molecule has 0 amide bonds. The molecular formula is C13H26N2O3. The zero-order chi connectivity index (χ0) is 13.6. The van der Waals surface area contributed by atoms with E-state index in [1.807, 2.05) is 6.92 Å². The molecule has 0 aliphatic carbocycles. The lowest BCUT2D eigenvalue weighted by Crippen LogP contribution is -2.49. The second-order valence-electron chi connectivity index (χ2n) is 5.18. The van der Waals surface area contributed by atoms with Crippen LogP contribution in [0.5, 0.6) is 0 Å². The molecule has 0 aromatic rings. The molecule has 106 valence electrons. The summed E-state index contributed by atoms with van der Waals surface area (Å²) in [6, 6.07) is 0. The second kappa shape index (κ2) is 7.07. The summed E-state index contributed by atoms with van der Waals surface area (Å²) in [5.74, 6) is -0.346. The topological polar surface area (TPSA) is 64.8 Å². The van der Waals surface area contributed by atoms with Gasteiger partial charge in [-0.2, -0.15) is 0 Å². The lowest BCUT2D eigenvalue weighted by atomic mass is 9.98. The van der Waals surface area contributed by atoms with Gasteiger partial charge in [0.25, 0.3) is 0 Å². The van der Waals surface area contributed by atoms with Gasteiger partial charge >= 0.3 is 5.97 Å². The number of carbonyl (C=O) groups excluding carboxylic acids is 1. The van der Waals surface area contributed by atoms with Crippen molar-refractivity contribution in [1.82, 2.24) is 4.90 Å². The highest BCUT2D eigenvalue weighted by Gasteiger charge is 2.30. The van der Waals surface area contributed by atoms with Crippen LogP contribution in [0.15, 0.2) is 0 Å². The van der Waals surface area contributed by atoms with E-state index in [4.69, 9.17) is 15.2 Å². The first-order valence-electron chi connectivity index (χ1n) is 6.71. The number of esters is 1. The molecule has 0 bridgehead atoms. The van der Waals surface area contributed by atoms with Crippen LogP contribution < -0.4 is 5.73 Å². The summed E-state index contributed by atoms with van der Waals surface area (Å²) in [6.45, 7) is 7.31. The molecule has 2 unspecified atom stereocenters. The summed E-state index contributed by atoms with van der Waals surface area (Å²) in [6.07, 6.45) is 3.20. The first kappa shape index (κ1) is 15.4. The minimum Gasteiger partial charge on any atom is -0.468 e. The lowest BCUT2D eigenvalue weighted by Gasteiger charge is -2.34. The van der Waals surface area contributed by atoms with Gasteiger partial charge in [0.05, 0.1) is 13.2 Å². The Hall–Kier alpha value is -0.650. The molecular weight excluding hydrogens is 232 g/mol. The Balaban J connectivity index is 2.36. The Morgan fingerprint density at radius 2 is 2.28 bits per heavy atom. The van der Waals surface area contributed by atoms with E-state index < -0.39 is 5.54 Å². The predicted octanol–water partition coefficient (Wildman–Crippen LogP) is 0.768. The van der Waals surface area contributed by atoms with Crippen molar-refractivity contribution in [3.05, 3.63) is 0 Å². The number of methoxy groups -OCH3 is 1. The Bertz CT molecular complexity index is 267. The molecule has 18 heavy (non-hydrogen) atoms. The summed E-state index contributed by atoms with van der Waals surface area (Å²) < 4.78 is 10.4. The van der Waals surface area contributed by atoms with Crippen molar-refractivity contribution in [3.63, 3.8) is 0 Å². The molecule has 0 saturated carbocycles. The van der Waals surface area contributed by atoms with E-state index in [2.05, 4.69) is 4.90 Å². The standard InChI is InChI=1S/C13H26N2O3/c1-4-18-11-6-5-8-15(10-11)9-7-13(2,14)12(16)17-3/h11H,4-10,14H2,1-3H3. The highest BCUT2D eigenvalue weighted by Crippen LogP contribution is 2.16. The third-order valence-corrected chi connectivity index (χ3v) is 3.46. The van der Waals surface area contributed by atoms with Gasteiger partial charge in [-0.3, -0.25) is 4.79 Å². The number of nitrogens with zero attached hydrogens (tertiary/aromatic N) is 1. The predicted molar refractivity (Wildman–Crippen MR) is 70.3 cm³/mol. The molecule has 0 radical (unpaired) electrons. The van der Waals surface area contributed by atoms with E-state index in [0.29, 0.717) is 12.5 Å². The van der Waals surface area contributed by atoms with Crippen molar-refractivity contribution in [3.8, 4) is 0 Å². The molecule has 1 aliphatic heterocycles. The number of likely N-dealkylation sites (tertiary alicyclic amines) is 1. The van der Waals surface area contributed by atoms with Crippen LogP contribution in [-0.2, 0) is 14.3 Å². The highest BCUT2D eigenvalue weighted by molar-refractivity contribution is 5.79. The number of rotatable bonds is 6. The van der Waals surface area contributed by atoms with Gasteiger partial charge in [0.1, 0.15) is 5.54 Å².